The second-order valence-corrected chi connectivity index (χ2v) is 4.43. The molecule has 0 saturated heterocycles. The van der Waals surface area contributed by atoms with Crippen molar-refractivity contribution in [2.45, 2.75) is 20.3 Å². The molecule has 0 aromatic heterocycles. The fourth-order valence-corrected chi connectivity index (χ4v) is 1.96. The second-order valence-electron chi connectivity index (χ2n) is 4.43. The number of carboxylic acids is 1. The number of nitrogens with zero attached hydrogens (tertiary/aromatic N) is 4. The van der Waals surface area contributed by atoms with Crippen molar-refractivity contribution >= 4 is 11.7 Å². The summed E-state index contributed by atoms with van der Waals surface area (Å²) in [5.41, 5.74) is 7.87. The van der Waals surface area contributed by atoms with Gasteiger partial charge in [0.05, 0.1) is 23.9 Å². The molecule has 0 bridgehead atoms. The monoisotopic (exact) mass is 288 g/mol. The standard InChI is InChI=1S/C13H16N6O2/c1-3-18-10-4-5-11(13(20)21)19(12(10)8-15-18)17-16-9(2)6-7-14/h4-5,8,15,17H,3,6H2,1-2H3,(H,20,21). The summed E-state index contributed by atoms with van der Waals surface area (Å²) in [7, 11) is 0. The molecule has 21 heavy (non-hydrogen) atoms. The summed E-state index contributed by atoms with van der Waals surface area (Å²) in [6.45, 7) is 4.40. The first-order valence-electron chi connectivity index (χ1n) is 6.44. The number of hydrogen-bond acceptors (Lipinski definition) is 7. The van der Waals surface area contributed by atoms with E-state index >= 15 is 0 Å². The summed E-state index contributed by atoms with van der Waals surface area (Å²) in [6, 6.07) is 1.98. The van der Waals surface area contributed by atoms with Gasteiger partial charge in [-0.1, -0.05) is 0 Å². The molecular weight excluding hydrogens is 272 g/mol. The third kappa shape index (κ3) is 2.81. The Morgan fingerprint density at radius 2 is 2.29 bits per heavy atom. The minimum Gasteiger partial charge on any atom is -0.477 e. The van der Waals surface area contributed by atoms with Crippen LogP contribution in [0.5, 0.6) is 0 Å². The van der Waals surface area contributed by atoms with Gasteiger partial charge in [0.15, 0.2) is 0 Å². The zero-order valence-electron chi connectivity index (χ0n) is 11.8. The number of hydrogen-bond donors (Lipinski definition) is 3. The first-order valence-corrected chi connectivity index (χ1v) is 6.44. The van der Waals surface area contributed by atoms with E-state index in [0.717, 1.165) is 12.2 Å². The topological polar surface area (TPSA) is 104 Å². The van der Waals surface area contributed by atoms with Crippen LogP contribution in [0, 0.1) is 11.3 Å². The first kappa shape index (κ1) is 14.5. The van der Waals surface area contributed by atoms with Crippen LogP contribution in [0.15, 0.2) is 40.5 Å². The maximum atomic E-state index is 11.3. The Labute approximate surface area is 122 Å². The smallest absolute Gasteiger partial charge is 0.354 e. The molecule has 0 amide bonds. The summed E-state index contributed by atoms with van der Waals surface area (Å²) in [5.74, 6) is -1.07. The van der Waals surface area contributed by atoms with Crippen molar-refractivity contribution in [3.63, 3.8) is 0 Å². The predicted molar refractivity (Wildman–Crippen MR) is 75.7 cm³/mol. The Hall–Kier alpha value is -2.95. The number of likely N-dealkylation sites (N-methyl/N-ethyl adjacent to an activating group) is 1. The number of hydrazine groups is 2. The molecule has 3 N–H and O–H groups in total. The highest BCUT2D eigenvalue weighted by Crippen LogP contribution is 2.28. The highest BCUT2D eigenvalue weighted by molar-refractivity contribution is 5.87. The number of carboxylic acid groups (broad SMARTS) is 1. The third-order valence-corrected chi connectivity index (χ3v) is 3.00. The molecule has 110 valence electrons. The van der Waals surface area contributed by atoms with Gasteiger partial charge in [-0.05, 0) is 26.0 Å². The van der Waals surface area contributed by atoms with E-state index < -0.39 is 5.97 Å². The Kier molecular flexibility index (Phi) is 4.13. The molecule has 2 heterocycles. The number of rotatable bonds is 5. The van der Waals surface area contributed by atoms with Gasteiger partial charge in [-0.25, -0.2) is 15.3 Å². The summed E-state index contributed by atoms with van der Waals surface area (Å²) in [4.78, 5) is 11.3. The van der Waals surface area contributed by atoms with E-state index in [2.05, 4.69) is 16.1 Å². The molecular formula is C13H16N6O2. The van der Waals surface area contributed by atoms with Gasteiger partial charge in [-0.15, -0.1) is 0 Å². The molecule has 0 atom stereocenters. The minimum absolute atomic E-state index is 0.0539. The van der Waals surface area contributed by atoms with Gasteiger partial charge in [0.25, 0.3) is 0 Å². The van der Waals surface area contributed by atoms with E-state index in [4.69, 9.17) is 5.26 Å². The summed E-state index contributed by atoms with van der Waals surface area (Å²) < 4.78 is 0. The largest absolute Gasteiger partial charge is 0.477 e. The number of hydrazone groups is 1. The van der Waals surface area contributed by atoms with E-state index in [1.54, 1.807) is 19.2 Å². The molecule has 0 unspecified atom stereocenters. The van der Waals surface area contributed by atoms with E-state index in [1.807, 2.05) is 18.0 Å². The van der Waals surface area contributed by atoms with Crippen LogP contribution >= 0.6 is 0 Å². The van der Waals surface area contributed by atoms with Crippen LogP contribution in [0.4, 0.5) is 0 Å². The normalized spacial score (nSPS) is 17.2. The van der Waals surface area contributed by atoms with E-state index in [0.29, 0.717) is 11.4 Å². The molecule has 0 fully saturated rings. The lowest BCUT2D eigenvalue weighted by Crippen LogP contribution is -2.39. The van der Waals surface area contributed by atoms with Crippen molar-refractivity contribution in [3.8, 4) is 6.07 Å². The molecule has 8 nitrogen and oxygen atoms in total. The third-order valence-electron chi connectivity index (χ3n) is 3.00. The first-order chi connectivity index (χ1) is 10.1. The lowest BCUT2D eigenvalue weighted by Gasteiger charge is -2.29. The Morgan fingerprint density at radius 1 is 1.52 bits per heavy atom. The predicted octanol–water partition coefficient (Wildman–Crippen LogP) is 0.630. The van der Waals surface area contributed by atoms with E-state index in [9.17, 15) is 9.90 Å². The molecule has 0 spiro atoms. The number of carbonyl (C=O) groups is 1. The zero-order chi connectivity index (χ0) is 15.4. The van der Waals surface area contributed by atoms with E-state index in [-0.39, 0.29) is 12.1 Å². The number of nitrogens with one attached hydrogen (secondary N) is 2. The molecule has 0 radical (unpaired) electrons. The van der Waals surface area contributed by atoms with Gasteiger partial charge < -0.3 is 10.5 Å². The molecule has 2 aliphatic rings. The highest BCUT2D eigenvalue weighted by atomic mass is 16.4. The Balaban J connectivity index is 2.28. The van der Waals surface area contributed by atoms with Crippen LogP contribution in [0.2, 0.25) is 0 Å². The van der Waals surface area contributed by atoms with Crippen molar-refractivity contribution in [2.75, 3.05) is 6.54 Å². The number of fused-ring (bicyclic) bond motifs is 1. The van der Waals surface area contributed by atoms with Gasteiger partial charge in [-0.3, -0.25) is 5.01 Å². The summed E-state index contributed by atoms with van der Waals surface area (Å²) in [5, 5.41) is 25.2. The number of aliphatic carboxylic acids is 1. The van der Waals surface area contributed by atoms with Crippen molar-refractivity contribution < 1.29 is 9.90 Å². The summed E-state index contributed by atoms with van der Waals surface area (Å²) in [6.07, 6.45) is 5.12. The molecule has 0 aromatic carbocycles. The van der Waals surface area contributed by atoms with Crippen molar-refractivity contribution in [3.05, 3.63) is 35.4 Å². The van der Waals surface area contributed by atoms with Crippen molar-refractivity contribution in [2.24, 2.45) is 5.10 Å². The molecule has 0 aromatic rings. The Bertz CT molecular complexity index is 611. The van der Waals surface area contributed by atoms with Crippen LogP contribution in [0.25, 0.3) is 0 Å². The van der Waals surface area contributed by atoms with Gasteiger partial charge in [0, 0.05) is 12.7 Å². The van der Waals surface area contributed by atoms with Crippen molar-refractivity contribution in [1.82, 2.24) is 21.0 Å². The number of allylic oxidation sites excluding steroid dienone is 2. The van der Waals surface area contributed by atoms with Gasteiger partial charge in [0.2, 0.25) is 0 Å². The second kappa shape index (κ2) is 6.00. The zero-order valence-corrected chi connectivity index (χ0v) is 11.8. The Morgan fingerprint density at radius 3 is 2.90 bits per heavy atom. The van der Waals surface area contributed by atoms with Crippen molar-refractivity contribution in [1.29, 1.82) is 5.26 Å². The van der Waals surface area contributed by atoms with Gasteiger partial charge in [0.1, 0.15) is 11.4 Å². The highest BCUT2D eigenvalue weighted by Gasteiger charge is 2.31. The van der Waals surface area contributed by atoms with Crippen LogP contribution in [-0.4, -0.2) is 33.4 Å². The quantitative estimate of drug-likeness (QED) is 0.503. The number of nitriles is 1. The van der Waals surface area contributed by atoms with E-state index in [1.165, 1.54) is 11.1 Å². The lowest BCUT2D eigenvalue weighted by molar-refractivity contribution is -0.134. The molecule has 8 heteroatoms. The average molecular weight is 288 g/mol. The van der Waals surface area contributed by atoms with Gasteiger partial charge in [-0.2, -0.15) is 10.4 Å². The molecule has 0 aliphatic carbocycles. The fourth-order valence-electron chi connectivity index (χ4n) is 1.96. The maximum Gasteiger partial charge on any atom is 0.354 e. The lowest BCUT2D eigenvalue weighted by atomic mass is 10.2. The average Bonchev–Trinajstić information content (AvgIpc) is 2.87. The molecule has 2 rings (SSSR count). The fraction of sp³-hybridized carbons (Fsp3) is 0.308. The van der Waals surface area contributed by atoms with Gasteiger partial charge >= 0.3 is 5.97 Å². The SMILES string of the molecule is CCN1NC=C2C1=CC=C(C(=O)O)N2NN=C(C)CC#N. The molecule has 0 saturated carbocycles. The molecule has 2 aliphatic heterocycles. The van der Waals surface area contributed by atoms with Crippen LogP contribution in [0.3, 0.4) is 0 Å². The van der Waals surface area contributed by atoms with Crippen LogP contribution in [-0.2, 0) is 4.79 Å². The van der Waals surface area contributed by atoms with Crippen LogP contribution < -0.4 is 11.0 Å². The maximum absolute atomic E-state index is 11.3. The van der Waals surface area contributed by atoms with Crippen LogP contribution in [0.1, 0.15) is 20.3 Å². The minimum atomic E-state index is -1.07. The summed E-state index contributed by atoms with van der Waals surface area (Å²) >= 11 is 0.